The molecule has 3 heteroatoms. The lowest BCUT2D eigenvalue weighted by Crippen LogP contribution is -2.30. The molecule has 1 rings (SSSR count). The van der Waals surface area contributed by atoms with E-state index in [-0.39, 0.29) is 0 Å². The lowest BCUT2D eigenvalue weighted by atomic mass is 9.89. The summed E-state index contributed by atoms with van der Waals surface area (Å²) in [6, 6.07) is 7.98. The van der Waals surface area contributed by atoms with Gasteiger partial charge in [-0.3, -0.25) is 0 Å². The summed E-state index contributed by atoms with van der Waals surface area (Å²) >= 11 is 0. The third-order valence-electron chi connectivity index (χ3n) is 3.00. The predicted molar refractivity (Wildman–Crippen MR) is 70.1 cm³/mol. The molecular weight excluding hydrogens is 214 g/mol. The highest BCUT2D eigenvalue weighted by molar-refractivity contribution is 5.30. The smallest absolute Gasteiger partial charge is 0.0883 e. The summed E-state index contributed by atoms with van der Waals surface area (Å²) in [7, 11) is 1.69. The lowest BCUT2D eigenvalue weighted by Gasteiger charge is -2.25. The Morgan fingerprint density at radius 3 is 2.65 bits per heavy atom. The molecule has 0 aliphatic rings. The molecule has 0 aliphatic heterocycles. The Hall–Kier alpha value is -0.900. The van der Waals surface area contributed by atoms with Crippen LogP contribution in [0, 0.1) is 6.92 Å². The molecule has 0 radical (unpaired) electrons. The molecule has 96 valence electrons. The van der Waals surface area contributed by atoms with Crippen LogP contribution in [0.1, 0.15) is 24.5 Å². The minimum Gasteiger partial charge on any atom is -0.385 e. The van der Waals surface area contributed by atoms with Gasteiger partial charge in [0.05, 0.1) is 12.2 Å². The Labute approximate surface area is 104 Å². The van der Waals surface area contributed by atoms with Crippen LogP contribution < -0.4 is 5.32 Å². The zero-order chi connectivity index (χ0) is 12.7. The molecule has 0 fully saturated rings. The summed E-state index contributed by atoms with van der Waals surface area (Å²) in [4.78, 5) is 0. The molecule has 0 heterocycles. The van der Waals surface area contributed by atoms with Gasteiger partial charge in [0, 0.05) is 13.7 Å². The number of aryl methyl sites for hydroxylation is 1. The van der Waals surface area contributed by atoms with Crippen molar-refractivity contribution in [2.45, 2.75) is 25.9 Å². The quantitative estimate of drug-likeness (QED) is 0.711. The summed E-state index contributed by atoms with van der Waals surface area (Å²) in [5.74, 6) is 0. The van der Waals surface area contributed by atoms with Crippen molar-refractivity contribution in [3.8, 4) is 0 Å². The maximum atomic E-state index is 10.5. The number of rotatable bonds is 7. The molecule has 1 atom stereocenters. The van der Waals surface area contributed by atoms with Gasteiger partial charge in [-0.05, 0) is 37.9 Å². The van der Waals surface area contributed by atoms with Crippen molar-refractivity contribution in [2.24, 2.45) is 0 Å². The van der Waals surface area contributed by atoms with E-state index in [2.05, 4.69) is 5.32 Å². The minimum atomic E-state index is -0.772. The number of ether oxygens (including phenoxy) is 1. The molecule has 1 aromatic carbocycles. The monoisotopic (exact) mass is 237 g/mol. The van der Waals surface area contributed by atoms with Gasteiger partial charge in [-0.25, -0.2) is 0 Å². The predicted octanol–water partition coefficient (Wildman–Crippen LogP) is 1.83. The van der Waals surface area contributed by atoms with Crippen LogP contribution in [0.5, 0.6) is 0 Å². The molecule has 1 aromatic rings. The Morgan fingerprint density at radius 1 is 1.29 bits per heavy atom. The first-order valence-corrected chi connectivity index (χ1v) is 6.06. The topological polar surface area (TPSA) is 41.5 Å². The molecule has 1 unspecified atom stereocenters. The highest BCUT2D eigenvalue weighted by atomic mass is 16.5. The van der Waals surface area contributed by atoms with Gasteiger partial charge in [0.15, 0.2) is 0 Å². The van der Waals surface area contributed by atoms with Gasteiger partial charge in [-0.2, -0.15) is 0 Å². The van der Waals surface area contributed by atoms with Gasteiger partial charge in [0.1, 0.15) is 0 Å². The maximum absolute atomic E-state index is 10.5. The second-order valence-corrected chi connectivity index (χ2v) is 4.58. The van der Waals surface area contributed by atoms with Crippen LogP contribution in [0.25, 0.3) is 0 Å². The van der Waals surface area contributed by atoms with Crippen LogP contribution in [0.4, 0.5) is 0 Å². The summed E-state index contributed by atoms with van der Waals surface area (Å²) in [6.45, 7) is 6.20. The molecule has 0 spiro atoms. The van der Waals surface area contributed by atoms with E-state index in [0.29, 0.717) is 13.0 Å². The van der Waals surface area contributed by atoms with E-state index in [1.54, 1.807) is 7.11 Å². The van der Waals surface area contributed by atoms with Crippen LogP contribution >= 0.6 is 0 Å². The van der Waals surface area contributed by atoms with Gasteiger partial charge in [0.25, 0.3) is 0 Å². The van der Waals surface area contributed by atoms with Crippen LogP contribution in [0.15, 0.2) is 24.3 Å². The zero-order valence-corrected chi connectivity index (χ0v) is 11.0. The third-order valence-corrected chi connectivity index (χ3v) is 3.00. The average molecular weight is 237 g/mol. The Kier molecular flexibility index (Phi) is 5.62. The zero-order valence-electron chi connectivity index (χ0n) is 11.0. The van der Waals surface area contributed by atoms with Gasteiger partial charge in [-0.1, -0.05) is 24.3 Å². The normalized spacial score (nSPS) is 14.6. The fourth-order valence-corrected chi connectivity index (χ4v) is 1.94. The fraction of sp³-hybridized carbons (Fsp3) is 0.571. The first kappa shape index (κ1) is 14.2. The van der Waals surface area contributed by atoms with Gasteiger partial charge in [0.2, 0.25) is 0 Å². The van der Waals surface area contributed by atoms with Crippen LogP contribution in [0.3, 0.4) is 0 Å². The first-order valence-electron chi connectivity index (χ1n) is 6.06. The van der Waals surface area contributed by atoms with E-state index in [1.165, 1.54) is 0 Å². The highest BCUT2D eigenvalue weighted by Crippen LogP contribution is 2.26. The lowest BCUT2D eigenvalue weighted by molar-refractivity contribution is 0.0469. The van der Waals surface area contributed by atoms with E-state index in [4.69, 9.17) is 4.74 Å². The Balaban J connectivity index is 2.48. The van der Waals surface area contributed by atoms with Crippen LogP contribution in [-0.4, -0.2) is 31.9 Å². The molecule has 0 aromatic heterocycles. The number of benzene rings is 1. The molecule has 0 saturated heterocycles. The van der Waals surface area contributed by atoms with Crippen molar-refractivity contribution in [2.75, 3.05) is 26.8 Å². The summed E-state index contributed by atoms with van der Waals surface area (Å²) in [5.41, 5.74) is 1.37. The van der Waals surface area contributed by atoms with Crippen LogP contribution in [-0.2, 0) is 10.3 Å². The fourth-order valence-electron chi connectivity index (χ4n) is 1.94. The van der Waals surface area contributed by atoms with Gasteiger partial charge in [-0.15, -0.1) is 0 Å². The van der Waals surface area contributed by atoms with Gasteiger partial charge >= 0.3 is 0 Å². The number of hydrogen-bond acceptors (Lipinski definition) is 3. The molecule has 17 heavy (non-hydrogen) atoms. The van der Waals surface area contributed by atoms with E-state index >= 15 is 0 Å². The van der Waals surface area contributed by atoms with E-state index in [9.17, 15) is 5.11 Å². The summed E-state index contributed by atoms with van der Waals surface area (Å²) in [6.07, 6.45) is 0.696. The number of aliphatic hydroxyl groups is 1. The number of hydrogen-bond donors (Lipinski definition) is 2. The minimum absolute atomic E-state index is 0.696. The number of methoxy groups -OCH3 is 1. The van der Waals surface area contributed by atoms with Crippen molar-refractivity contribution in [1.29, 1.82) is 0 Å². The Morgan fingerprint density at radius 2 is 2.00 bits per heavy atom. The molecule has 0 aliphatic carbocycles. The SMILES string of the molecule is COCCNCCC(C)(O)c1ccccc1C. The first-order chi connectivity index (χ1) is 8.08. The maximum Gasteiger partial charge on any atom is 0.0883 e. The molecule has 3 nitrogen and oxygen atoms in total. The second kappa shape index (κ2) is 6.74. The highest BCUT2D eigenvalue weighted by Gasteiger charge is 2.23. The largest absolute Gasteiger partial charge is 0.385 e. The average Bonchev–Trinajstić information content (AvgIpc) is 2.29. The van der Waals surface area contributed by atoms with E-state index < -0.39 is 5.60 Å². The number of nitrogens with one attached hydrogen (secondary N) is 1. The van der Waals surface area contributed by atoms with Crippen molar-refractivity contribution < 1.29 is 9.84 Å². The molecule has 0 bridgehead atoms. The molecular formula is C14H23NO2. The van der Waals surface area contributed by atoms with Crippen molar-refractivity contribution in [3.63, 3.8) is 0 Å². The van der Waals surface area contributed by atoms with Crippen LogP contribution in [0.2, 0.25) is 0 Å². The van der Waals surface area contributed by atoms with Crippen molar-refractivity contribution >= 4 is 0 Å². The standard InChI is InChI=1S/C14H23NO2/c1-12-6-4-5-7-13(12)14(2,16)8-9-15-10-11-17-3/h4-7,15-16H,8-11H2,1-3H3. The van der Waals surface area contributed by atoms with Crippen molar-refractivity contribution in [3.05, 3.63) is 35.4 Å². The Bertz CT molecular complexity index is 337. The summed E-state index contributed by atoms with van der Waals surface area (Å²) in [5, 5.41) is 13.7. The van der Waals surface area contributed by atoms with Gasteiger partial charge < -0.3 is 15.2 Å². The van der Waals surface area contributed by atoms with Crippen molar-refractivity contribution in [1.82, 2.24) is 5.32 Å². The molecule has 2 N–H and O–H groups in total. The van der Waals surface area contributed by atoms with E-state index in [1.807, 2.05) is 38.1 Å². The second-order valence-electron chi connectivity index (χ2n) is 4.58. The third kappa shape index (κ3) is 4.46. The van der Waals surface area contributed by atoms with E-state index in [0.717, 1.165) is 24.2 Å². The molecule has 0 amide bonds. The molecule has 0 saturated carbocycles. The summed E-state index contributed by atoms with van der Waals surface area (Å²) < 4.78 is 4.95.